The molecule has 3 aliphatic rings. The number of carbonyl (C=O) groups excluding carboxylic acids is 2. The molecule has 6 nitrogen and oxygen atoms in total. The maximum absolute atomic E-state index is 12.4. The minimum absolute atomic E-state index is 0.115. The number of nitrogens with zero attached hydrogens (tertiary/aromatic N) is 2. The van der Waals surface area contributed by atoms with E-state index in [2.05, 4.69) is 10.2 Å². The first kappa shape index (κ1) is 19.5. The molecule has 1 saturated carbocycles. The second-order valence-electron chi connectivity index (χ2n) is 7.51. The van der Waals surface area contributed by atoms with Crippen LogP contribution in [0.15, 0.2) is 36.3 Å². The normalized spacial score (nSPS) is 21.1. The van der Waals surface area contributed by atoms with Gasteiger partial charge < -0.3 is 15.0 Å². The molecule has 6 heteroatoms. The summed E-state index contributed by atoms with van der Waals surface area (Å²) in [5.74, 6) is 1.02. The number of allylic oxidation sites excluding steroid dienone is 3. The molecule has 148 valence electrons. The van der Waals surface area contributed by atoms with E-state index in [9.17, 15) is 9.59 Å². The Kier molecular flexibility index (Phi) is 6.96. The van der Waals surface area contributed by atoms with E-state index in [0.717, 1.165) is 38.2 Å². The van der Waals surface area contributed by atoms with E-state index in [0.29, 0.717) is 12.5 Å². The Labute approximate surface area is 161 Å². The van der Waals surface area contributed by atoms with Crippen molar-refractivity contribution in [2.45, 2.75) is 45.4 Å². The fourth-order valence-electron chi connectivity index (χ4n) is 4.03. The van der Waals surface area contributed by atoms with Crippen molar-refractivity contribution in [1.29, 1.82) is 0 Å². The zero-order valence-electron chi connectivity index (χ0n) is 16.2. The highest BCUT2D eigenvalue weighted by Crippen LogP contribution is 2.25. The Balaban J connectivity index is 1.45. The van der Waals surface area contributed by atoms with Gasteiger partial charge in [-0.25, -0.2) is 4.79 Å². The van der Waals surface area contributed by atoms with Gasteiger partial charge in [0.25, 0.3) is 0 Å². The van der Waals surface area contributed by atoms with Crippen molar-refractivity contribution in [3.05, 3.63) is 36.3 Å². The SMILES string of the molecule is CCOC(=O)N1C=CC=C(N2CCC(C(=O)NCC3CCCC3)CC2)C=C1. The number of nitrogens with one attached hydrogen (secondary N) is 1. The van der Waals surface area contributed by atoms with Gasteiger partial charge in [-0.1, -0.05) is 12.8 Å². The van der Waals surface area contributed by atoms with E-state index in [4.69, 9.17) is 4.74 Å². The lowest BCUT2D eigenvalue weighted by Crippen LogP contribution is -2.41. The third-order valence-electron chi connectivity index (χ3n) is 5.67. The molecule has 0 bridgehead atoms. The van der Waals surface area contributed by atoms with Crippen LogP contribution in [0.1, 0.15) is 45.4 Å². The first-order valence-corrected chi connectivity index (χ1v) is 10.2. The first-order chi connectivity index (χ1) is 13.2. The van der Waals surface area contributed by atoms with Crippen LogP contribution in [-0.4, -0.2) is 48.0 Å². The third kappa shape index (κ3) is 5.37. The molecule has 2 fully saturated rings. The van der Waals surface area contributed by atoms with Crippen molar-refractivity contribution < 1.29 is 14.3 Å². The first-order valence-electron chi connectivity index (χ1n) is 10.2. The van der Waals surface area contributed by atoms with E-state index < -0.39 is 0 Å². The van der Waals surface area contributed by atoms with Crippen molar-refractivity contribution in [1.82, 2.24) is 15.1 Å². The molecular weight excluding hydrogens is 342 g/mol. The summed E-state index contributed by atoms with van der Waals surface area (Å²) in [5, 5.41) is 3.17. The number of likely N-dealkylation sites (tertiary alicyclic amines) is 1. The largest absolute Gasteiger partial charge is 0.449 e. The zero-order chi connectivity index (χ0) is 19.1. The summed E-state index contributed by atoms with van der Waals surface area (Å²) in [5.41, 5.74) is 1.06. The van der Waals surface area contributed by atoms with Crippen LogP contribution in [0.4, 0.5) is 4.79 Å². The summed E-state index contributed by atoms with van der Waals surface area (Å²) in [4.78, 5) is 28.0. The Morgan fingerprint density at radius 2 is 1.89 bits per heavy atom. The second-order valence-corrected chi connectivity index (χ2v) is 7.51. The van der Waals surface area contributed by atoms with E-state index >= 15 is 0 Å². The number of hydrogen-bond acceptors (Lipinski definition) is 4. The predicted molar refractivity (Wildman–Crippen MR) is 104 cm³/mol. The summed E-state index contributed by atoms with van der Waals surface area (Å²) in [6.07, 6.45) is 15.7. The van der Waals surface area contributed by atoms with Crippen molar-refractivity contribution in [2.75, 3.05) is 26.2 Å². The third-order valence-corrected chi connectivity index (χ3v) is 5.67. The van der Waals surface area contributed by atoms with Crippen molar-refractivity contribution in [3.63, 3.8) is 0 Å². The van der Waals surface area contributed by atoms with Gasteiger partial charge in [0.15, 0.2) is 0 Å². The van der Waals surface area contributed by atoms with E-state index in [1.54, 1.807) is 19.3 Å². The fourth-order valence-corrected chi connectivity index (χ4v) is 4.03. The number of rotatable bonds is 5. The van der Waals surface area contributed by atoms with Crippen LogP contribution in [-0.2, 0) is 9.53 Å². The quantitative estimate of drug-likeness (QED) is 0.802. The average molecular weight is 373 g/mol. The minimum atomic E-state index is -0.378. The van der Waals surface area contributed by atoms with Crippen LogP contribution in [0.2, 0.25) is 0 Å². The van der Waals surface area contributed by atoms with Gasteiger partial charge in [0.05, 0.1) is 6.61 Å². The molecule has 0 unspecified atom stereocenters. The number of hydrogen-bond donors (Lipinski definition) is 1. The average Bonchev–Trinajstić information content (AvgIpc) is 3.09. The van der Waals surface area contributed by atoms with Gasteiger partial charge in [-0.3, -0.25) is 9.69 Å². The topological polar surface area (TPSA) is 61.9 Å². The molecular formula is C21H31N3O3. The fraction of sp³-hybridized carbons (Fsp3) is 0.619. The van der Waals surface area contributed by atoms with Gasteiger partial charge >= 0.3 is 6.09 Å². The van der Waals surface area contributed by atoms with Crippen LogP contribution in [0, 0.1) is 11.8 Å². The lowest BCUT2D eigenvalue weighted by Gasteiger charge is -2.33. The molecule has 1 aliphatic carbocycles. The summed E-state index contributed by atoms with van der Waals surface area (Å²) in [6.45, 7) is 4.70. The Bertz CT molecular complexity index is 612. The van der Waals surface area contributed by atoms with Gasteiger partial charge in [0.2, 0.25) is 5.91 Å². The van der Waals surface area contributed by atoms with Crippen LogP contribution in [0.25, 0.3) is 0 Å². The van der Waals surface area contributed by atoms with Crippen molar-refractivity contribution in [2.24, 2.45) is 11.8 Å². The Morgan fingerprint density at radius 1 is 1.15 bits per heavy atom. The number of piperidine rings is 1. The van der Waals surface area contributed by atoms with Gasteiger partial charge in [0.1, 0.15) is 0 Å². The molecule has 0 aromatic heterocycles. The van der Waals surface area contributed by atoms with Crippen LogP contribution in [0.5, 0.6) is 0 Å². The van der Waals surface area contributed by atoms with E-state index in [1.807, 2.05) is 18.2 Å². The van der Waals surface area contributed by atoms with Crippen molar-refractivity contribution in [3.8, 4) is 0 Å². The summed E-state index contributed by atoms with van der Waals surface area (Å²) in [7, 11) is 0. The molecule has 2 aliphatic heterocycles. The van der Waals surface area contributed by atoms with Crippen molar-refractivity contribution >= 4 is 12.0 Å². The standard InChI is InChI=1S/C21H31N3O3/c1-2-27-21(26)24-12-5-8-19(11-15-24)23-13-9-18(10-14-23)20(25)22-16-17-6-3-4-7-17/h5,8,11-12,15,17-18H,2-4,6-7,9-10,13-14,16H2,1H3,(H,22,25). The molecule has 2 heterocycles. The number of amides is 2. The highest BCUT2D eigenvalue weighted by molar-refractivity contribution is 5.78. The molecule has 0 aromatic carbocycles. The second kappa shape index (κ2) is 9.62. The molecule has 1 N–H and O–H groups in total. The molecule has 0 atom stereocenters. The number of ether oxygens (including phenoxy) is 1. The Morgan fingerprint density at radius 3 is 2.59 bits per heavy atom. The summed E-state index contributed by atoms with van der Waals surface area (Å²) >= 11 is 0. The van der Waals surface area contributed by atoms with Crippen LogP contribution in [0.3, 0.4) is 0 Å². The minimum Gasteiger partial charge on any atom is -0.449 e. The summed E-state index contributed by atoms with van der Waals surface area (Å²) < 4.78 is 5.02. The lowest BCUT2D eigenvalue weighted by molar-refractivity contribution is -0.126. The highest BCUT2D eigenvalue weighted by atomic mass is 16.5. The number of carbonyl (C=O) groups is 2. The molecule has 1 saturated heterocycles. The maximum Gasteiger partial charge on any atom is 0.417 e. The monoisotopic (exact) mass is 373 g/mol. The Hall–Kier alpha value is -2.24. The smallest absolute Gasteiger partial charge is 0.417 e. The predicted octanol–water partition coefficient (Wildman–Crippen LogP) is 3.39. The summed E-state index contributed by atoms with van der Waals surface area (Å²) in [6, 6.07) is 0. The van der Waals surface area contributed by atoms with Gasteiger partial charge in [0, 0.05) is 43.6 Å². The van der Waals surface area contributed by atoms with Gasteiger partial charge in [-0.2, -0.15) is 0 Å². The lowest BCUT2D eigenvalue weighted by atomic mass is 9.95. The molecule has 3 rings (SSSR count). The van der Waals surface area contributed by atoms with E-state index in [1.165, 1.54) is 30.6 Å². The van der Waals surface area contributed by atoms with Crippen LogP contribution < -0.4 is 5.32 Å². The van der Waals surface area contributed by atoms with Gasteiger partial charge in [-0.15, -0.1) is 0 Å². The van der Waals surface area contributed by atoms with Crippen LogP contribution >= 0.6 is 0 Å². The molecule has 2 amide bonds. The van der Waals surface area contributed by atoms with E-state index in [-0.39, 0.29) is 17.9 Å². The zero-order valence-corrected chi connectivity index (χ0v) is 16.2. The molecule has 0 aromatic rings. The maximum atomic E-state index is 12.4. The van der Waals surface area contributed by atoms with Gasteiger partial charge in [-0.05, 0) is 56.8 Å². The highest BCUT2D eigenvalue weighted by Gasteiger charge is 2.26. The molecule has 0 radical (unpaired) electrons. The molecule has 0 spiro atoms. The molecule has 27 heavy (non-hydrogen) atoms.